The van der Waals surface area contributed by atoms with Gasteiger partial charge in [0.2, 0.25) is 0 Å². The predicted octanol–water partition coefficient (Wildman–Crippen LogP) is 2.26. The van der Waals surface area contributed by atoms with Crippen LogP contribution in [0.5, 0.6) is 5.75 Å². The van der Waals surface area contributed by atoms with Crippen molar-refractivity contribution in [2.24, 2.45) is 0 Å². The molecule has 80 valence electrons. The van der Waals surface area contributed by atoms with Crippen molar-refractivity contribution in [2.75, 3.05) is 27.2 Å². The zero-order valence-corrected chi connectivity index (χ0v) is 10.4. The van der Waals surface area contributed by atoms with E-state index in [1.165, 1.54) is 0 Å². The molecule has 0 saturated carbocycles. The quantitative estimate of drug-likeness (QED) is 0.841. The first-order valence-electron chi connectivity index (χ1n) is 4.61. The summed E-state index contributed by atoms with van der Waals surface area (Å²) >= 11 is 3.32. The van der Waals surface area contributed by atoms with Crippen LogP contribution in [0.1, 0.15) is 5.56 Å². The number of ether oxygens (including phenoxy) is 1. The van der Waals surface area contributed by atoms with Crippen LogP contribution in [0.25, 0.3) is 0 Å². The van der Waals surface area contributed by atoms with Crippen molar-refractivity contribution in [2.45, 2.75) is 0 Å². The van der Waals surface area contributed by atoms with Gasteiger partial charge in [0.1, 0.15) is 24.0 Å². The number of rotatable bonds is 4. The summed E-state index contributed by atoms with van der Waals surface area (Å²) in [4.78, 5) is 2.03. The molecule has 1 aromatic carbocycles. The zero-order chi connectivity index (χ0) is 11.3. The molecule has 0 amide bonds. The Labute approximate surface area is 98.4 Å². The van der Waals surface area contributed by atoms with Gasteiger partial charge in [0.15, 0.2) is 0 Å². The van der Waals surface area contributed by atoms with Gasteiger partial charge in [-0.25, -0.2) is 0 Å². The van der Waals surface area contributed by atoms with Crippen LogP contribution in [0.15, 0.2) is 22.7 Å². The maximum Gasteiger partial charge on any atom is 0.138 e. The zero-order valence-electron chi connectivity index (χ0n) is 8.83. The summed E-state index contributed by atoms with van der Waals surface area (Å²) in [5.41, 5.74) is 0.552. The average molecular weight is 269 g/mol. The maximum atomic E-state index is 8.94. The second-order valence-corrected chi connectivity index (χ2v) is 4.23. The minimum atomic E-state index is 0.552. The van der Waals surface area contributed by atoms with Gasteiger partial charge in [-0.05, 0) is 42.2 Å². The normalized spacial score (nSPS) is 10.1. The van der Waals surface area contributed by atoms with Crippen LogP contribution in [0.2, 0.25) is 0 Å². The van der Waals surface area contributed by atoms with Gasteiger partial charge in [-0.1, -0.05) is 6.07 Å². The van der Waals surface area contributed by atoms with Gasteiger partial charge in [0.25, 0.3) is 0 Å². The van der Waals surface area contributed by atoms with Crippen LogP contribution in [0.4, 0.5) is 0 Å². The Balaban J connectivity index is 2.69. The summed E-state index contributed by atoms with van der Waals surface area (Å²) in [6.45, 7) is 1.41. The Morgan fingerprint density at radius 1 is 1.47 bits per heavy atom. The highest BCUT2D eigenvalue weighted by Gasteiger charge is 2.06. The van der Waals surface area contributed by atoms with E-state index in [0.717, 1.165) is 11.0 Å². The predicted molar refractivity (Wildman–Crippen MR) is 62.9 cm³/mol. The van der Waals surface area contributed by atoms with Gasteiger partial charge >= 0.3 is 0 Å². The molecule has 0 spiro atoms. The largest absolute Gasteiger partial charge is 0.491 e. The van der Waals surface area contributed by atoms with Crippen molar-refractivity contribution in [3.63, 3.8) is 0 Å². The molecule has 3 nitrogen and oxygen atoms in total. The monoisotopic (exact) mass is 268 g/mol. The number of hydrogen-bond donors (Lipinski definition) is 0. The van der Waals surface area contributed by atoms with Crippen LogP contribution in [-0.4, -0.2) is 32.1 Å². The summed E-state index contributed by atoms with van der Waals surface area (Å²) in [5.74, 6) is 0.633. The first-order chi connectivity index (χ1) is 7.15. The van der Waals surface area contributed by atoms with E-state index >= 15 is 0 Å². The first kappa shape index (κ1) is 12.0. The van der Waals surface area contributed by atoms with E-state index in [1.807, 2.05) is 31.1 Å². The molecule has 0 aliphatic carbocycles. The molecule has 0 saturated heterocycles. The van der Waals surface area contributed by atoms with Gasteiger partial charge in [-0.3, -0.25) is 0 Å². The molecule has 0 N–H and O–H groups in total. The highest BCUT2D eigenvalue weighted by atomic mass is 79.9. The van der Waals surface area contributed by atoms with Crippen LogP contribution >= 0.6 is 15.9 Å². The molecule has 0 heterocycles. The van der Waals surface area contributed by atoms with Gasteiger partial charge in [0.05, 0.1) is 0 Å². The molecule has 15 heavy (non-hydrogen) atoms. The van der Waals surface area contributed by atoms with Gasteiger partial charge in [-0.15, -0.1) is 0 Å². The summed E-state index contributed by atoms with van der Waals surface area (Å²) in [5, 5.41) is 8.94. The second-order valence-electron chi connectivity index (χ2n) is 3.38. The molecule has 1 aromatic rings. The number of nitriles is 1. The van der Waals surface area contributed by atoms with Crippen molar-refractivity contribution in [3.05, 3.63) is 28.2 Å². The minimum absolute atomic E-state index is 0.552. The third kappa shape index (κ3) is 3.54. The van der Waals surface area contributed by atoms with E-state index in [0.29, 0.717) is 17.9 Å². The Morgan fingerprint density at radius 2 is 2.20 bits per heavy atom. The fourth-order valence-corrected chi connectivity index (χ4v) is 1.51. The Bertz CT molecular complexity index is 371. The van der Waals surface area contributed by atoms with Crippen molar-refractivity contribution >= 4 is 15.9 Å². The lowest BCUT2D eigenvalue weighted by Crippen LogP contribution is -2.19. The molecule has 0 aliphatic rings. The van der Waals surface area contributed by atoms with Gasteiger partial charge in [-0.2, -0.15) is 5.26 Å². The molecule has 0 radical (unpaired) electrons. The number of hydrogen-bond acceptors (Lipinski definition) is 3. The lowest BCUT2D eigenvalue weighted by Gasteiger charge is -2.12. The fraction of sp³-hybridized carbons (Fsp3) is 0.364. The van der Waals surface area contributed by atoms with Crippen molar-refractivity contribution in [1.29, 1.82) is 5.26 Å². The molecule has 0 aromatic heterocycles. The van der Waals surface area contributed by atoms with Crippen molar-refractivity contribution < 1.29 is 4.74 Å². The van der Waals surface area contributed by atoms with Crippen LogP contribution < -0.4 is 4.74 Å². The molecule has 4 heteroatoms. The average Bonchev–Trinajstić information content (AvgIpc) is 2.17. The standard InChI is InChI=1S/C11H13BrN2O/c1-14(2)6-7-15-11-5-3-4-10(12)9(11)8-13/h3-5H,6-7H2,1-2H3. The lowest BCUT2D eigenvalue weighted by atomic mass is 10.2. The minimum Gasteiger partial charge on any atom is -0.491 e. The molecule has 0 aliphatic heterocycles. The first-order valence-corrected chi connectivity index (χ1v) is 5.40. The van der Waals surface area contributed by atoms with E-state index in [-0.39, 0.29) is 0 Å². The lowest BCUT2D eigenvalue weighted by molar-refractivity contribution is 0.261. The van der Waals surface area contributed by atoms with Crippen LogP contribution in [-0.2, 0) is 0 Å². The molecule has 0 atom stereocenters. The maximum absolute atomic E-state index is 8.94. The number of likely N-dealkylation sites (N-methyl/N-ethyl adjacent to an activating group) is 1. The highest BCUT2D eigenvalue weighted by molar-refractivity contribution is 9.10. The smallest absolute Gasteiger partial charge is 0.138 e. The van der Waals surface area contributed by atoms with Crippen LogP contribution in [0.3, 0.4) is 0 Å². The van der Waals surface area contributed by atoms with E-state index < -0.39 is 0 Å². The molecule has 0 unspecified atom stereocenters. The number of benzene rings is 1. The van der Waals surface area contributed by atoms with E-state index in [2.05, 4.69) is 22.0 Å². The molecule has 0 bridgehead atoms. The summed E-state index contributed by atoms with van der Waals surface area (Å²) in [6.07, 6.45) is 0. The Hall–Kier alpha value is -1.05. The SMILES string of the molecule is CN(C)CCOc1cccc(Br)c1C#N. The molecular formula is C11H13BrN2O. The summed E-state index contributed by atoms with van der Waals surface area (Å²) in [6, 6.07) is 7.61. The van der Waals surface area contributed by atoms with E-state index in [9.17, 15) is 0 Å². The number of halogens is 1. The topological polar surface area (TPSA) is 36.3 Å². The van der Waals surface area contributed by atoms with Gasteiger partial charge in [0, 0.05) is 11.0 Å². The third-order valence-corrected chi connectivity index (χ3v) is 2.54. The molecular weight excluding hydrogens is 256 g/mol. The highest BCUT2D eigenvalue weighted by Crippen LogP contribution is 2.25. The Kier molecular flexibility index (Phi) is 4.60. The summed E-state index contributed by atoms with van der Waals surface area (Å²) < 4.78 is 6.30. The molecule has 1 rings (SSSR count). The Morgan fingerprint density at radius 3 is 2.80 bits per heavy atom. The van der Waals surface area contributed by atoms with Crippen molar-refractivity contribution in [1.82, 2.24) is 4.90 Å². The second kappa shape index (κ2) is 5.74. The summed E-state index contributed by atoms with van der Waals surface area (Å²) in [7, 11) is 3.96. The van der Waals surface area contributed by atoms with Crippen LogP contribution in [0, 0.1) is 11.3 Å². The number of nitrogens with zero attached hydrogens (tertiary/aromatic N) is 2. The van der Waals surface area contributed by atoms with E-state index in [4.69, 9.17) is 10.00 Å². The molecule has 0 fully saturated rings. The third-order valence-electron chi connectivity index (χ3n) is 1.88. The fourth-order valence-electron chi connectivity index (χ4n) is 1.07. The van der Waals surface area contributed by atoms with Gasteiger partial charge < -0.3 is 9.64 Å². The van der Waals surface area contributed by atoms with E-state index in [1.54, 1.807) is 6.07 Å². The van der Waals surface area contributed by atoms with Crippen molar-refractivity contribution in [3.8, 4) is 11.8 Å².